The molecule has 0 unspecified atom stereocenters. The molecule has 1 aliphatic heterocycles. The van der Waals surface area contributed by atoms with Crippen molar-refractivity contribution in [2.24, 2.45) is 0 Å². The van der Waals surface area contributed by atoms with E-state index in [0.29, 0.717) is 4.91 Å². The van der Waals surface area contributed by atoms with Crippen LogP contribution in [0, 0.1) is 12.3 Å². The number of amides is 2. The van der Waals surface area contributed by atoms with E-state index < -0.39 is 0 Å². The second kappa shape index (κ2) is 7.19. The van der Waals surface area contributed by atoms with Crippen LogP contribution >= 0.6 is 11.8 Å². The molecule has 114 valence electrons. The molecule has 1 saturated heterocycles. The summed E-state index contributed by atoms with van der Waals surface area (Å²) in [7, 11) is 0. The van der Waals surface area contributed by atoms with Crippen LogP contribution in [0.5, 0.6) is 5.75 Å². The molecule has 1 aliphatic rings. The molecule has 1 heterocycles. The van der Waals surface area contributed by atoms with E-state index in [2.05, 4.69) is 12.8 Å². The third-order valence-corrected chi connectivity index (χ3v) is 4.12. The number of nitrogens with zero attached hydrogens (tertiary/aromatic N) is 1. The Morgan fingerprint density at radius 3 is 2.64 bits per heavy atom. The van der Waals surface area contributed by atoms with Crippen LogP contribution in [-0.2, 0) is 4.79 Å². The molecule has 1 aromatic carbocycles. The van der Waals surface area contributed by atoms with Crippen molar-refractivity contribution in [1.29, 1.82) is 0 Å². The van der Waals surface area contributed by atoms with Crippen LogP contribution in [0.15, 0.2) is 29.2 Å². The van der Waals surface area contributed by atoms with Crippen LogP contribution in [0.4, 0.5) is 4.79 Å². The predicted molar refractivity (Wildman–Crippen MR) is 88.3 cm³/mol. The third kappa shape index (κ3) is 3.71. The number of thioether (sulfide) groups is 1. The molecule has 2 rings (SSSR count). The van der Waals surface area contributed by atoms with Gasteiger partial charge >= 0.3 is 0 Å². The van der Waals surface area contributed by atoms with Crippen molar-refractivity contribution >= 4 is 29.0 Å². The first kappa shape index (κ1) is 16.2. The Morgan fingerprint density at radius 1 is 1.36 bits per heavy atom. The average molecular weight is 315 g/mol. The molecule has 0 spiro atoms. The van der Waals surface area contributed by atoms with E-state index in [9.17, 15) is 9.59 Å². The molecule has 0 radical (unpaired) electrons. The summed E-state index contributed by atoms with van der Waals surface area (Å²) >= 11 is 0.907. The lowest BCUT2D eigenvalue weighted by Gasteiger charge is -2.12. The predicted octanol–water partition coefficient (Wildman–Crippen LogP) is 3.53. The SMILES string of the molecule is C#CCN1C(=O)S/C(=C/c2ccc(O[C@H](C)CC)cc2)C1=O. The maximum absolute atomic E-state index is 12.1. The van der Waals surface area contributed by atoms with E-state index in [4.69, 9.17) is 11.2 Å². The topological polar surface area (TPSA) is 46.6 Å². The Hall–Kier alpha value is -2.19. The lowest BCUT2D eigenvalue weighted by Crippen LogP contribution is -2.28. The Kier molecular flexibility index (Phi) is 5.29. The van der Waals surface area contributed by atoms with Gasteiger partial charge in [-0.05, 0) is 48.9 Å². The van der Waals surface area contributed by atoms with Gasteiger partial charge < -0.3 is 4.74 Å². The minimum Gasteiger partial charge on any atom is -0.491 e. The molecule has 0 N–H and O–H groups in total. The summed E-state index contributed by atoms with van der Waals surface area (Å²) in [4.78, 5) is 25.2. The summed E-state index contributed by atoms with van der Waals surface area (Å²) in [6, 6.07) is 7.41. The molecule has 1 atom stereocenters. The number of hydrogen-bond donors (Lipinski definition) is 0. The van der Waals surface area contributed by atoms with E-state index in [1.54, 1.807) is 6.08 Å². The number of carbonyl (C=O) groups excluding carboxylic acids is 2. The van der Waals surface area contributed by atoms with E-state index in [1.807, 2.05) is 31.2 Å². The zero-order chi connectivity index (χ0) is 16.1. The lowest BCUT2D eigenvalue weighted by molar-refractivity contribution is -0.122. The van der Waals surface area contributed by atoms with Crippen molar-refractivity contribution in [2.75, 3.05) is 6.54 Å². The van der Waals surface area contributed by atoms with Crippen molar-refractivity contribution < 1.29 is 14.3 Å². The van der Waals surface area contributed by atoms with Gasteiger partial charge in [-0.2, -0.15) is 0 Å². The summed E-state index contributed by atoms with van der Waals surface area (Å²) in [6.45, 7) is 4.07. The molecule has 0 bridgehead atoms. The zero-order valence-corrected chi connectivity index (χ0v) is 13.4. The van der Waals surface area contributed by atoms with Gasteiger partial charge in [0.15, 0.2) is 0 Å². The fraction of sp³-hybridized carbons (Fsp3) is 0.294. The van der Waals surface area contributed by atoms with E-state index >= 15 is 0 Å². The van der Waals surface area contributed by atoms with Gasteiger partial charge in [-0.1, -0.05) is 25.0 Å². The molecule has 0 aromatic heterocycles. The Balaban J connectivity index is 2.12. The maximum Gasteiger partial charge on any atom is 0.294 e. The van der Waals surface area contributed by atoms with Gasteiger partial charge in [-0.25, -0.2) is 0 Å². The Labute approximate surface area is 134 Å². The molecule has 1 fully saturated rings. The number of benzene rings is 1. The molecule has 22 heavy (non-hydrogen) atoms. The number of hydrogen-bond acceptors (Lipinski definition) is 4. The zero-order valence-electron chi connectivity index (χ0n) is 12.5. The fourth-order valence-electron chi connectivity index (χ4n) is 1.84. The number of imide groups is 1. The largest absolute Gasteiger partial charge is 0.491 e. The summed E-state index contributed by atoms with van der Waals surface area (Å²) in [5, 5.41) is -0.328. The highest BCUT2D eigenvalue weighted by Gasteiger charge is 2.34. The van der Waals surface area contributed by atoms with E-state index in [0.717, 1.165) is 34.4 Å². The van der Waals surface area contributed by atoms with Crippen LogP contribution < -0.4 is 4.74 Å². The van der Waals surface area contributed by atoms with Crippen molar-refractivity contribution in [3.05, 3.63) is 34.7 Å². The second-order valence-electron chi connectivity index (χ2n) is 4.88. The quantitative estimate of drug-likeness (QED) is 0.616. The number of ether oxygens (including phenoxy) is 1. The molecular weight excluding hydrogens is 298 g/mol. The Morgan fingerprint density at radius 2 is 2.05 bits per heavy atom. The lowest BCUT2D eigenvalue weighted by atomic mass is 10.2. The van der Waals surface area contributed by atoms with Crippen LogP contribution in [0.3, 0.4) is 0 Å². The van der Waals surface area contributed by atoms with Crippen molar-refractivity contribution in [3.8, 4) is 18.1 Å². The monoisotopic (exact) mass is 315 g/mol. The maximum atomic E-state index is 12.1. The molecular formula is C17H17NO3S. The van der Waals surface area contributed by atoms with Crippen molar-refractivity contribution in [2.45, 2.75) is 26.4 Å². The van der Waals surface area contributed by atoms with Crippen LogP contribution in [-0.4, -0.2) is 28.7 Å². The van der Waals surface area contributed by atoms with Gasteiger partial charge in [0.1, 0.15) is 5.75 Å². The first-order valence-electron chi connectivity index (χ1n) is 7.00. The van der Waals surface area contributed by atoms with Gasteiger partial charge in [-0.15, -0.1) is 6.42 Å². The van der Waals surface area contributed by atoms with Crippen molar-refractivity contribution in [3.63, 3.8) is 0 Å². The highest BCUT2D eigenvalue weighted by molar-refractivity contribution is 8.18. The number of terminal acetylenes is 1. The van der Waals surface area contributed by atoms with E-state index in [1.165, 1.54) is 0 Å². The molecule has 0 saturated carbocycles. The molecule has 2 amide bonds. The third-order valence-electron chi connectivity index (χ3n) is 3.21. The summed E-state index contributed by atoms with van der Waals surface area (Å²) in [6.07, 6.45) is 7.94. The average Bonchev–Trinajstić information content (AvgIpc) is 2.77. The van der Waals surface area contributed by atoms with E-state index in [-0.39, 0.29) is 23.8 Å². The van der Waals surface area contributed by atoms with Gasteiger partial charge in [0.2, 0.25) is 0 Å². The first-order valence-corrected chi connectivity index (χ1v) is 7.82. The summed E-state index contributed by atoms with van der Waals surface area (Å²) < 4.78 is 5.70. The minimum absolute atomic E-state index is 0.00366. The number of carbonyl (C=O) groups is 2. The molecule has 4 nitrogen and oxygen atoms in total. The number of rotatable bonds is 5. The highest BCUT2D eigenvalue weighted by Crippen LogP contribution is 2.32. The van der Waals surface area contributed by atoms with Crippen molar-refractivity contribution in [1.82, 2.24) is 4.90 Å². The molecule has 0 aliphatic carbocycles. The standard InChI is InChI=1S/C17H17NO3S/c1-4-10-18-16(19)15(22-17(18)20)11-13-6-8-14(9-7-13)21-12(3)5-2/h1,6-9,11-12H,5,10H2,2-3H3/b15-11+/t12-/m1/s1. The van der Waals surface area contributed by atoms with Gasteiger partial charge in [0.25, 0.3) is 11.1 Å². The van der Waals surface area contributed by atoms with Crippen LogP contribution in [0.25, 0.3) is 6.08 Å². The normalized spacial score (nSPS) is 17.7. The smallest absolute Gasteiger partial charge is 0.294 e. The molecule has 1 aromatic rings. The first-order chi connectivity index (χ1) is 10.5. The van der Waals surface area contributed by atoms with Gasteiger partial charge in [-0.3, -0.25) is 14.5 Å². The highest BCUT2D eigenvalue weighted by atomic mass is 32.2. The van der Waals surface area contributed by atoms with Gasteiger partial charge in [0.05, 0.1) is 17.6 Å². The summed E-state index contributed by atoms with van der Waals surface area (Å²) in [5.74, 6) is 2.76. The summed E-state index contributed by atoms with van der Waals surface area (Å²) in [5.41, 5.74) is 0.836. The minimum atomic E-state index is -0.340. The van der Waals surface area contributed by atoms with Crippen LogP contribution in [0.2, 0.25) is 0 Å². The molecule has 5 heteroatoms. The van der Waals surface area contributed by atoms with Gasteiger partial charge in [0, 0.05) is 0 Å². The Bertz CT molecular complexity index is 643. The fourth-order valence-corrected chi connectivity index (χ4v) is 2.68. The second-order valence-corrected chi connectivity index (χ2v) is 5.87. The van der Waals surface area contributed by atoms with Crippen LogP contribution in [0.1, 0.15) is 25.8 Å².